The Morgan fingerprint density at radius 2 is 1.97 bits per heavy atom. The summed E-state index contributed by atoms with van der Waals surface area (Å²) in [5.41, 5.74) is 1.73. The van der Waals surface area contributed by atoms with Crippen molar-refractivity contribution in [3.63, 3.8) is 0 Å². The van der Waals surface area contributed by atoms with Gasteiger partial charge in [-0.15, -0.1) is 0 Å². The minimum atomic E-state index is 0.403. The van der Waals surface area contributed by atoms with Gasteiger partial charge in [-0.2, -0.15) is 10.4 Å². The molecule has 4 fully saturated rings. The van der Waals surface area contributed by atoms with Crippen LogP contribution >= 0.6 is 0 Å². The van der Waals surface area contributed by atoms with Crippen LogP contribution in [-0.4, -0.2) is 34.0 Å². The summed E-state index contributed by atoms with van der Waals surface area (Å²) in [5.74, 6) is 7.18. The third kappa shape index (κ3) is 4.66. The van der Waals surface area contributed by atoms with Crippen molar-refractivity contribution in [2.75, 3.05) is 18.5 Å². The monoisotopic (exact) mass is 515 g/mol. The number of rotatable bonds is 7. The van der Waals surface area contributed by atoms with E-state index in [2.05, 4.69) is 37.3 Å². The molecule has 6 rings (SSSR count). The van der Waals surface area contributed by atoms with E-state index in [0.29, 0.717) is 23.1 Å². The first-order valence-electron chi connectivity index (χ1n) is 15.3. The summed E-state index contributed by atoms with van der Waals surface area (Å²) >= 11 is 0. The molecule has 3 unspecified atom stereocenters. The lowest BCUT2D eigenvalue weighted by Crippen LogP contribution is -2.50. The Hall–Kier alpha value is -2.39. The van der Waals surface area contributed by atoms with Gasteiger partial charge in [-0.05, 0) is 137 Å². The zero-order chi connectivity index (χ0) is 26.3. The quantitative estimate of drug-likeness (QED) is 0.436. The van der Waals surface area contributed by atoms with E-state index < -0.39 is 0 Å². The number of hydrogen-bond acceptors (Lipinski definition) is 5. The molecule has 0 bridgehead atoms. The summed E-state index contributed by atoms with van der Waals surface area (Å²) in [6.07, 6.45) is 16.4. The van der Waals surface area contributed by atoms with Gasteiger partial charge in [-0.1, -0.05) is 6.92 Å². The molecule has 0 aliphatic heterocycles. The van der Waals surface area contributed by atoms with Crippen LogP contribution in [0.1, 0.15) is 84.3 Å². The summed E-state index contributed by atoms with van der Waals surface area (Å²) in [5, 5.41) is 17.1. The van der Waals surface area contributed by atoms with Crippen molar-refractivity contribution in [3.8, 4) is 11.8 Å². The molecule has 204 valence electrons. The van der Waals surface area contributed by atoms with Crippen molar-refractivity contribution in [1.82, 2.24) is 14.8 Å². The molecule has 4 aliphatic carbocycles. The van der Waals surface area contributed by atoms with Crippen LogP contribution in [0.2, 0.25) is 0 Å². The molecule has 4 saturated carbocycles. The lowest BCUT2D eigenvalue weighted by Gasteiger charge is -2.56. The highest BCUT2D eigenvalue weighted by Gasteiger charge is 2.57. The van der Waals surface area contributed by atoms with Gasteiger partial charge < -0.3 is 10.1 Å². The third-order valence-electron chi connectivity index (χ3n) is 11.4. The summed E-state index contributed by atoms with van der Waals surface area (Å²) in [6.45, 7) is 8.99. The van der Waals surface area contributed by atoms with E-state index in [0.717, 1.165) is 60.2 Å². The van der Waals surface area contributed by atoms with E-state index in [9.17, 15) is 0 Å². The highest BCUT2D eigenvalue weighted by Crippen LogP contribution is 2.65. The van der Waals surface area contributed by atoms with Crippen LogP contribution in [0.25, 0.3) is 5.69 Å². The van der Waals surface area contributed by atoms with Gasteiger partial charge in [0.25, 0.3) is 0 Å². The van der Waals surface area contributed by atoms with Gasteiger partial charge in [0.15, 0.2) is 5.69 Å². The Morgan fingerprint density at radius 3 is 2.74 bits per heavy atom. The number of fused-ring (bicyclic) bond motifs is 5. The standard InChI is InChI=1S/C32H45N5O/c1-4-38-20-22-5-8-26-23(17-22)6-9-28-27(26)13-15-32(3)29(10-11-30(28)32)21(2)35-31-12-7-25(19-34-31)37-16-14-24(18-33)36-37/h7,12,14,16,19,21-23,26-30H,4-6,8-11,13,15,17,20H2,1-3H3,(H,34,35)/t21-,22+,23-,26+,27?,28-,29?,30?,32-/m1/s1. The predicted molar refractivity (Wildman–Crippen MR) is 150 cm³/mol. The first-order valence-corrected chi connectivity index (χ1v) is 15.3. The van der Waals surface area contributed by atoms with Gasteiger partial charge in [-0.3, -0.25) is 0 Å². The van der Waals surface area contributed by atoms with Gasteiger partial charge in [-0.25, -0.2) is 9.67 Å². The molecule has 9 atom stereocenters. The third-order valence-corrected chi connectivity index (χ3v) is 11.4. The fraction of sp³-hybridized carbons (Fsp3) is 0.719. The van der Waals surface area contributed by atoms with Crippen molar-refractivity contribution in [1.29, 1.82) is 5.26 Å². The van der Waals surface area contributed by atoms with E-state index in [1.807, 2.05) is 18.3 Å². The Kier molecular flexibility index (Phi) is 7.24. The molecule has 0 saturated heterocycles. The predicted octanol–water partition coefficient (Wildman–Crippen LogP) is 6.86. The molecule has 1 N–H and O–H groups in total. The van der Waals surface area contributed by atoms with E-state index in [-0.39, 0.29) is 0 Å². The van der Waals surface area contributed by atoms with Gasteiger partial charge in [0.05, 0.1) is 11.9 Å². The lowest BCUT2D eigenvalue weighted by molar-refractivity contribution is -0.0738. The van der Waals surface area contributed by atoms with E-state index in [4.69, 9.17) is 15.0 Å². The first kappa shape index (κ1) is 25.9. The number of nitrogens with zero attached hydrogens (tertiary/aromatic N) is 4. The van der Waals surface area contributed by atoms with Gasteiger partial charge in [0, 0.05) is 25.5 Å². The maximum Gasteiger partial charge on any atom is 0.162 e. The molecule has 0 radical (unpaired) electrons. The van der Waals surface area contributed by atoms with E-state index >= 15 is 0 Å². The smallest absolute Gasteiger partial charge is 0.162 e. The fourth-order valence-electron chi connectivity index (χ4n) is 9.72. The number of aromatic nitrogens is 3. The van der Waals surface area contributed by atoms with Crippen molar-refractivity contribution in [2.24, 2.45) is 46.8 Å². The number of anilines is 1. The maximum absolute atomic E-state index is 9.04. The first-order chi connectivity index (χ1) is 18.5. The lowest BCUT2D eigenvalue weighted by atomic mass is 9.49. The zero-order valence-electron chi connectivity index (χ0n) is 23.5. The van der Waals surface area contributed by atoms with Crippen LogP contribution in [-0.2, 0) is 4.74 Å². The van der Waals surface area contributed by atoms with Crippen LogP contribution in [0.15, 0.2) is 30.6 Å². The van der Waals surface area contributed by atoms with Gasteiger partial charge in [0.2, 0.25) is 0 Å². The molecular weight excluding hydrogens is 470 g/mol. The minimum absolute atomic E-state index is 0.403. The Bertz CT molecular complexity index is 1140. The number of pyridine rings is 1. The maximum atomic E-state index is 9.04. The Labute approximate surface area is 228 Å². The van der Waals surface area contributed by atoms with E-state index in [1.54, 1.807) is 16.9 Å². The topological polar surface area (TPSA) is 75.8 Å². The van der Waals surface area contributed by atoms with Crippen molar-refractivity contribution >= 4 is 5.82 Å². The molecule has 6 heteroatoms. The molecule has 2 aromatic rings. The molecule has 4 aliphatic rings. The molecule has 6 nitrogen and oxygen atoms in total. The SMILES string of the molecule is CCOC[C@H]1CC[C@@H]2C3CC[C@@]4(C)C(CCC4[C@@H](C)Nc4ccc(-n5ccc(C#N)n5)cn4)[C@@H]3CC[C@@H]2C1. The van der Waals surface area contributed by atoms with Crippen molar-refractivity contribution in [3.05, 3.63) is 36.3 Å². The normalized spacial score (nSPS) is 36.9. The Balaban J connectivity index is 1.09. The number of ether oxygens (including phenoxy) is 1. The summed E-state index contributed by atoms with van der Waals surface area (Å²) < 4.78 is 7.52. The van der Waals surface area contributed by atoms with E-state index in [1.165, 1.54) is 57.8 Å². The molecule has 38 heavy (non-hydrogen) atoms. The fourth-order valence-corrected chi connectivity index (χ4v) is 9.72. The van der Waals surface area contributed by atoms with Crippen LogP contribution < -0.4 is 5.32 Å². The molecule has 2 heterocycles. The minimum Gasteiger partial charge on any atom is -0.381 e. The average molecular weight is 516 g/mol. The van der Waals surface area contributed by atoms with Crippen molar-refractivity contribution in [2.45, 2.75) is 84.6 Å². The highest BCUT2D eigenvalue weighted by molar-refractivity contribution is 5.41. The van der Waals surface area contributed by atoms with Gasteiger partial charge >= 0.3 is 0 Å². The van der Waals surface area contributed by atoms with Crippen LogP contribution in [0, 0.1) is 58.2 Å². The number of nitriles is 1. The van der Waals surface area contributed by atoms with Crippen molar-refractivity contribution < 1.29 is 4.74 Å². The van der Waals surface area contributed by atoms with Crippen LogP contribution in [0.3, 0.4) is 0 Å². The summed E-state index contributed by atoms with van der Waals surface area (Å²) in [6, 6.07) is 8.29. The largest absolute Gasteiger partial charge is 0.381 e. The summed E-state index contributed by atoms with van der Waals surface area (Å²) in [4.78, 5) is 4.70. The molecule has 0 aromatic carbocycles. The second-order valence-electron chi connectivity index (χ2n) is 13.1. The number of hydrogen-bond donors (Lipinski definition) is 1. The molecular formula is C32H45N5O. The molecule has 0 spiro atoms. The van der Waals surface area contributed by atoms with Crippen LogP contribution in [0.5, 0.6) is 0 Å². The average Bonchev–Trinajstić information content (AvgIpc) is 3.56. The molecule has 0 amide bonds. The highest BCUT2D eigenvalue weighted by atomic mass is 16.5. The van der Waals surface area contributed by atoms with Gasteiger partial charge in [0.1, 0.15) is 11.9 Å². The second kappa shape index (κ2) is 10.6. The zero-order valence-corrected chi connectivity index (χ0v) is 23.5. The molecule has 2 aromatic heterocycles. The van der Waals surface area contributed by atoms with Crippen LogP contribution in [0.4, 0.5) is 5.82 Å². The summed E-state index contributed by atoms with van der Waals surface area (Å²) in [7, 11) is 0. The number of nitrogens with one attached hydrogen (secondary N) is 1. The Morgan fingerprint density at radius 1 is 1.11 bits per heavy atom. The second-order valence-corrected chi connectivity index (χ2v) is 13.1.